The van der Waals surface area contributed by atoms with Crippen molar-refractivity contribution in [3.05, 3.63) is 76.7 Å². The first-order valence-electron chi connectivity index (χ1n) is 11.7. The van der Waals surface area contributed by atoms with E-state index >= 15 is 0 Å². The summed E-state index contributed by atoms with van der Waals surface area (Å²) >= 11 is 0. The molecule has 4 rings (SSSR count). The molecular weight excluding hydrogens is 519 g/mol. The fraction of sp³-hybridized carbons (Fsp3) is 0.385. The van der Waals surface area contributed by atoms with Gasteiger partial charge in [0, 0.05) is 57.0 Å². The van der Waals surface area contributed by atoms with E-state index in [1.54, 1.807) is 12.1 Å². The van der Waals surface area contributed by atoms with Gasteiger partial charge in [-0.25, -0.2) is 9.18 Å². The van der Waals surface area contributed by atoms with Crippen molar-refractivity contribution in [2.75, 3.05) is 32.1 Å². The van der Waals surface area contributed by atoms with Gasteiger partial charge in [-0.2, -0.15) is 26.3 Å². The number of hydrogen-bond acceptors (Lipinski definition) is 3. The monoisotopic (exact) mass is 543 g/mol. The Balaban J connectivity index is 1.66. The highest BCUT2D eigenvalue weighted by Gasteiger charge is 2.41. The Bertz CT molecular complexity index is 1220. The largest absolute Gasteiger partial charge is 0.416 e. The Kier molecular flexibility index (Phi) is 7.19. The highest BCUT2D eigenvalue weighted by molar-refractivity contribution is 5.93. The van der Waals surface area contributed by atoms with Gasteiger partial charge in [-0.05, 0) is 42.3 Å². The van der Waals surface area contributed by atoms with Gasteiger partial charge < -0.3 is 9.80 Å². The van der Waals surface area contributed by atoms with Gasteiger partial charge in [-0.15, -0.1) is 0 Å². The summed E-state index contributed by atoms with van der Waals surface area (Å²) in [5.41, 5.74) is -2.14. The Morgan fingerprint density at radius 2 is 1.47 bits per heavy atom. The SMILES string of the molecule is CN(C(=O)N(C)C1CN(C2=CC(=O)CC2)CC1c1ccc(F)cc1)c1cc(C(F)(F)F)cc(C(F)(F)F)c1. The molecule has 2 aliphatic rings. The molecule has 2 unspecified atom stereocenters. The number of halogens is 7. The molecule has 2 aromatic carbocycles. The molecule has 38 heavy (non-hydrogen) atoms. The molecule has 12 heteroatoms. The average Bonchev–Trinajstić information content (AvgIpc) is 3.48. The van der Waals surface area contributed by atoms with E-state index in [-0.39, 0.29) is 24.3 Å². The maximum atomic E-state index is 13.6. The first-order chi connectivity index (χ1) is 17.6. The summed E-state index contributed by atoms with van der Waals surface area (Å²) < 4.78 is 93.6. The van der Waals surface area contributed by atoms with Crippen LogP contribution in [0.5, 0.6) is 0 Å². The molecule has 0 saturated carbocycles. The van der Waals surface area contributed by atoms with Crippen LogP contribution in [0.25, 0.3) is 0 Å². The number of allylic oxidation sites excluding steroid dienone is 2. The maximum Gasteiger partial charge on any atom is 0.416 e. The number of carbonyl (C=O) groups excluding carboxylic acids is 2. The maximum absolute atomic E-state index is 13.6. The summed E-state index contributed by atoms with van der Waals surface area (Å²) in [6, 6.07) is 5.26. The van der Waals surface area contributed by atoms with Crippen molar-refractivity contribution in [1.82, 2.24) is 9.80 Å². The number of ketones is 1. The van der Waals surface area contributed by atoms with Crippen LogP contribution in [0, 0.1) is 5.82 Å². The number of likely N-dealkylation sites (tertiary alicyclic amines) is 1. The van der Waals surface area contributed by atoms with Crippen LogP contribution in [0.4, 0.5) is 41.2 Å². The van der Waals surface area contributed by atoms with E-state index in [9.17, 15) is 40.3 Å². The summed E-state index contributed by atoms with van der Waals surface area (Å²) in [5, 5.41) is 0. The van der Waals surface area contributed by atoms with Gasteiger partial charge >= 0.3 is 18.4 Å². The van der Waals surface area contributed by atoms with Crippen molar-refractivity contribution >= 4 is 17.5 Å². The zero-order valence-electron chi connectivity index (χ0n) is 20.4. The Morgan fingerprint density at radius 1 is 0.895 bits per heavy atom. The van der Waals surface area contributed by atoms with Crippen molar-refractivity contribution in [3.63, 3.8) is 0 Å². The van der Waals surface area contributed by atoms with E-state index in [2.05, 4.69) is 0 Å². The lowest BCUT2D eigenvalue weighted by Crippen LogP contribution is -2.47. The summed E-state index contributed by atoms with van der Waals surface area (Å²) in [5.74, 6) is -0.851. The Hall–Kier alpha value is -3.57. The minimum absolute atomic E-state index is 0.00155. The number of nitrogens with zero attached hydrogens (tertiary/aromatic N) is 3. The summed E-state index contributed by atoms with van der Waals surface area (Å²) in [7, 11) is 2.52. The van der Waals surface area contributed by atoms with Crippen molar-refractivity contribution in [3.8, 4) is 0 Å². The number of amides is 2. The molecule has 0 aromatic heterocycles. The predicted molar refractivity (Wildman–Crippen MR) is 125 cm³/mol. The minimum Gasteiger partial charge on any atom is -0.372 e. The standard InChI is InChI=1S/C26H24F7N3O2/c1-34(20-10-16(25(28,29)30)9-17(11-20)26(31,32)33)24(38)35(2)23-14-36(19-7-8-21(37)12-19)13-22(23)15-3-5-18(27)6-4-15/h3-6,9-12,22-23H,7-8,13-14H2,1-2H3. The summed E-state index contributed by atoms with van der Waals surface area (Å²) in [4.78, 5) is 29.1. The van der Waals surface area contributed by atoms with Crippen LogP contribution in [0.15, 0.2) is 54.2 Å². The predicted octanol–water partition coefficient (Wildman–Crippen LogP) is 6.07. The van der Waals surface area contributed by atoms with Crippen LogP contribution in [0.3, 0.4) is 0 Å². The minimum atomic E-state index is -5.06. The van der Waals surface area contributed by atoms with Gasteiger partial charge in [0.2, 0.25) is 0 Å². The van der Waals surface area contributed by atoms with Gasteiger partial charge in [0.05, 0.1) is 17.2 Å². The average molecular weight is 543 g/mol. The molecule has 204 valence electrons. The number of rotatable bonds is 4. The van der Waals surface area contributed by atoms with Gasteiger partial charge in [-0.3, -0.25) is 9.69 Å². The normalized spacial score (nSPS) is 20.1. The van der Waals surface area contributed by atoms with E-state index in [0.29, 0.717) is 37.1 Å². The van der Waals surface area contributed by atoms with Gasteiger partial charge in [0.1, 0.15) is 5.82 Å². The lowest BCUT2D eigenvalue weighted by molar-refractivity contribution is -0.143. The molecule has 0 radical (unpaired) electrons. The molecule has 2 amide bonds. The molecule has 1 heterocycles. The van der Waals surface area contributed by atoms with E-state index in [4.69, 9.17) is 0 Å². The number of likely N-dealkylation sites (N-methyl/N-ethyl adjacent to an activating group) is 1. The second-order valence-electron chi connectivity index (χ2n) is 9.45. The molecule has 0 N–H and O–H groups in total. The van der Waals surface area contributed by atoms with Crippen molar-refractivity contribution in [2.24, 2.45) is 0 Å². The fourth-order valence-corrected chi connectivity index (χ4v) is 4.90. The van der Waals surface area contributed by atoms with Crippen LogP contribution < -0.4 is 4.90 Å². The van der Waals surface area contributed by atoms with Crippen molar-refractivity contribution in [1.29, 1.82) is 0 Å². The number of carbonyl (C=O) groups is 2. The number of hydrogen-bond donors (Lipinski definition) is 0. The summed E-state index contributed by atoms with van der Waals surface area (Å²) in [6.45, 7) is 0.659. The molecule has 2 aromatic rings. The van der Waals surface area contributed by atoms with Gasteiger partial charge in [0.15, 0.2) is 5.78 Å². The van der Waals surface area contributed by atoms with E-state index in [0.717, 1.165) is 17.6 Å². The number of urea groups is 1. The molecule has 1 aliphatic carbocycles. The third-order valence-electron chi connectivity index (χ3n) is 6.99. The first kappa shape index (κ1) is 27.5. The molecule has 2 atom stereocenters. The molecule has 5 nitrogen and oxygen atoms in total. The van der Waals surface area contributed by atoms with E-state index < -0.39 is 47.1 Å². The number of benzene rings is 2. The number of alkyl halides is 6. The first-order valence-corrected chi connectivity index (χ1v) is 11.7. The molecule has 1 aliphatic heterocycles. The van der Waals surface area contributed by atoms with Crippen LogP contribution in [0.1, 0.15) is 35.4 Å². The van der Waals surface area contributed by atoms with Crippen LogP contribution in [-0.2, 0) is 17.1 Å². The second kappa shape index (κ2) is 9.95. The van der Waals surface area contributed by atoms with Gasteiger partial charge in [0.25, 0.3) is 0 Å². The summed E-state index contributed by atoms with van der Waals surface area (Å²) in [6.07, 6.45) is -7.72. The Morgan fingerprint density at radius 3 is 1.97 bits per heavy atom. The smallest absolute Gasteiger partial charge is 0.372 e. The molecule has 1 saturated heterocycles. The quantitative estimate of drug-likeness (QED) is 0.440. The molecule has 1 fully saturated rings. The lowest BCUT2D eigenvalue weighted by Gasteiger charge is -2.33. The van der Waals surface area contributed by atoms with Crippen molar-refractivity contribution in [2.45, 2.75) is 37.2 Å². The highest BCUT2D eigenvalue weighted by atomic mass is 19.4. The molecule has 0 bridgehead atoms. The van der Waals surface area contributed by atoms with Crippen LogP contribution in [-0.4, -0.2) is 54.8 Å². The van der Waals surface area contributed by atoms with Gasteiger partial charge in [-0.1, -0.05) is 12.1 Å². The Labute approximate surface area is 214 Å². The van der Waals surface area contributed by atoms with Crippen LogP contribution in [0.2, 0.25) is 0 Å². The van der Waals surface area contributed by atoms with E-state index in [1.165, 1.54) is 30.2 Å². The zero-order chi connectivity index (χ0) is 28.0. The van der Waals surface area contributed by atoms with E-state index in [1.807, 2.05) is 4.90 Å². The van der Waals surface area contributed by atoms with Crippen molar-refractivity contribution < 1.29 is 40.3 Å². The van der Waals surface area contributed by atoms with Crippen LogP contribution >= 0.6 is 0 Å². The third kappa shape index (κ3) is 5.63. The molecular formula is C26H24F7N3O2. The second-order valence-corrected chi connectivity index (χ2v) is 9.45. The zero-order valence-corrected chi connectivity index (χ0v) is 20.4. The molecule has 0 spiro atoms. The number of anilines is 1. The highest BCUT2D eigenvalue weighted by Crippen LogP contribution is 2.39. The lowest BCUT2D eigenvalue weighted by atomic mass is 9.93. The third-order valence-corrected chi connectivity index (χ3v) is 6.99. The fourth-order valence-electron chi connectivity index (χ4n) is 4.90. The topological polar surface area (TPSA) is 43.9 Å².